The number of Topliss-reactive ketones (excluding diaryl/α,β-unsaturated/α-hetero) is 1. The summed E-state index contributed by atoms with van der Waals surface area (Å²) in [7, 11) is 0. The lowest BCUT2D eigenvalue weighted by Gasteiger charge is -2.14. The number of ketones is 1. The summed E-state index contributed by atoms with van der Waals surface area (Å²) >= 11 is 8.86. The molecule has 0 saturated heterocycles. The van der Waals surface area contributed by atoms with Gasteiger partial charge in [-0.3, -0.25) is 4.79 Å². The van der Waals surface area contributed by atoms with Gasteiger partial charge in [0.05, 0.1) is 16.3 Å². The molecule has 3 heterocycles. The van der Waals surface area contributed by atoms with Crippen LogP contribution in [0.1, 0.15) is 44.2 Å². The molecule has 0 N–H and O–H groups in total. The highest BCUT2D eigenvalue weighted by molar-refractivity contribution is 8.00. The predicted octanol–water partition coefficient (Wildman–Crippen LogP) is 7.23. The van der Waals surface area contributed by atoms with E-state index in [-0.39, 0.29) is 16.6 Å². The maximum absolute atomic E-state index is 13.4. The van der Waals surface area contributed by atoms with Gasteiger partial charge in [-0.25, -0.2) is 9.97 Å². The minimum Gasteiger partial charge on any atom is -0.318 e. The molecule has 0 bridgehead atoms. The number of thioether (sulfide) groups is 1. The molecule has 1 aliphatic rings. The zero-order valence-electron chi connectivity index (χ0n) is 18.3. The van der Waals surface area contributed by atoms with E-state index in [0.29, 0.717) is 22.6 Å². The number of nitrogens with zero attached hydrogens (tertiary/aromatic N) is 3. The summed E-state index contributed by atoms with van der Waals surface area (Å²) in [4.78, 5) is 24.3. The van der Waals surface area contributed by atoms with Crippen LogP contribution in [0.15, 0.2) is 35.6 Å². The molecule has 4 aromatic rings. The van der Waals surface area contributed by atoms with Gasteiger partial charge in [-0.05, 0) is 62.9 Å². The van der Waals surface area contributed by atoms with Crippen molar-refractivity contribution in [2.24, 2.45) is 0 Å². The number of alkyl halides is 3. The number of aryl methyl sites for hydroxylation is 3. The zero-order chi connectivity index (χ0) is 24.2. The van der Waals surface area contributed by atoms with Gasteiger partial charge in [-0.1, -0.05) is 23.4 Å². The molecule has 1 aromatic carbocycles. The standard InChI is InChI=1S/C24H19ClF3N3OS2/c1-12-8-16(13(2)31(12)14-6-7-18(25)17(9-14)24(26,27)28)19(32)10-33-22-21-15-4-3-5-20(15)34-23(21)30-11-29-22/h6-9,11H,3-5,10H2,1-2H3. The molecule has 4 nitrogen and oxygen atoms in total. The normalized spacial score (nSPS) is 13.6. The van der Waals surface area contributed by atoms with Crippen molar-refractivity contribution < 1.29 is 18.0 Å². The Morgan fingerprint density at radius 3 is 2.76 bits per heavy atom. The molecule has 0 radical (unpaired) electrons. The first-order chi connectivity index (χ1) is 16.1. The summed E-state index contributed by atoms with van der Waals surface area (Å²) in [5.41, 5.74) is 2.44. The Hall–Kier alpha value is -2.36. The zero-order valence-corrected chi connectivity index (χ0v) is 20.7. The molecule has 0 saturated carbocycles. The monoisotopic (exact) mass is 521 g/mol. The highest BCUT2D eigenvalue weighted by Crippen LogP contribution is 2.40. The van der Waals surface area contributed by atoms with E-state index in [1.165, 1.54) is 40.7 Å². The van der Waals surface area contributed by atoms with Gasteiger partial charge in [0.15, 0.2) is 5.78 Å². The molecule has 5 rings (SSSR count). The van der Waals surface area contributed by atoms with E-state index in [9.17, 15) is 18.0 Å². The number of halogens is 4. The molecule has 0 amide bonds. The topological polar surface area (TPSA) is 47.8 Å². The molecular weight excluding hydrogens is 503 g/mol. The third-order valence-corrected chi connectivity index (χ3v) is 8.57. The summed E-state index contributed by atoms with van der Waals surface area (Å²) in [6.07, 6.45) is 0.161. The fourth-order valence-corrected chi connectivity index (χ4v) is 6.96. The van der Waals surface area contributed by atoms with Crippen LogP contribution in [0.2, 0.25) is 5.02 Å². The number of benzene rings is 1. The molecule has 10 heteroatoms. The second-order valence-electron chi connectivity index (χ2n) is 8.21. The Bertz CT molecular complexity index is 1440. The molecule has 0 fully saturated rings. The van der Waals surface area contributed by atoms with Crippen LogP contribution in [-0.2, 0) is 19.0 Å². The molecule has 3 aromatic heterocycles. The SMILES string of the molecule is Cc1cc(C(=O)CSc2ncnc3sc4c(c23)CCC4)c(C)n1-c1ccc(Cl)c(C(F)(F)F)c1. The fourth-order valence-electron chi connectivity index (χ4n) is 4.53. The second-order valence-corrected chi connectivity index (χ2v) is 10.7. The van der Waals surface area contributed by atoms with Crippen LogP contribution in [0.25, 0.3) is 15.9 Å². The van der Waals surface area contributed by atoms with E-state index < -0.39 is 11.7 Å². The van der Waals surface area contributed by atoms with Crippen LogP contribution in [-0.4, -0.2) is 26.1 Å². The van der Waals surface area contributed by atoms with Gasteiger partial charge >= 0.3 is 6.18 Å². The highest BCUT2D eigenvalue weighted by atomic mass is 35.5. The first-order valence-corrected chi connectivity index (χ1v) is 12.8. The van der Waals surface area contributed by atoms with E-state index in [4.69, 9.17) is 11.6 Å². The quantitative estimate of drug-likeness (QED) is 0.158. The van der Waals surface area contributed by atoms with Gasteiger partial charge in [-0.2, -0.15) is 13.2 Å². The Morgan fingerprint density at radius 2 is 2.00 bits per heavy atom. The van der Waals surface area contributed by atoms with Crippen LogP contribution in [0.5, 0.6) is 0 Å². The van der Waals surface area contributed by atoms with Gasteiger partial charge in [0, 0.05) is 32.9 Å². The van der Waals surface area contributed by atoms with Gasteiger partial charge in [0.2, 0.25) is 0 Å². The van der Waals surface area contributed by atoms with Crippen LogP contribution < -0.4 is 0 Å². The fraction of sp³-hybridized carbons (Fsp3) is 0.292. The molecule has 176 valence electrons. The van der Waals surface area contributed by atoms with Crippen molar-refractivity contribution in [2.75, 3.05) is 5.75 Å². The molecule has 0 atom stereocenters. The minimum absolute atomic E-state index is 0.104. The van der Waals surface area contributed by atoms with Crippen LogP contribution in [0, 0.1) is 13.8 Å². The van der Waals surface area contributed by atoms with E-state index in [1.807, 2.05) is 0 Å². The van der Waals surface area contributed by atoms with Gasteiger partial charge in [-0.15, -0.1) is 11.3 Å². The van der Waals surface area contributed by atoms with Gasteiger partial charge in [0.1, 0.15) is 16.2 Å². The molecule has 0 aliphatic heterocycles. The van der Waals surface area contributed by atoms with Crippen molar-refractivity contribution in [3.05, 3.63) is 68.6 Å². The molecule has 1 aliphatic carbocycles. The third-order valence-electron chi connectivity index (χ3n) is 6.05. The van der Waals surface area contributed by atoms with Crippen LogP contribution in [0.4, 0.5) is 13.2 Å². The number of carbonyl (C=O) groups excluding carboxylic acids is 1. The van der Waals surface area contributed by atoms with Crippen molar-refractivity contribution >= 4 is 50.7 Å². The number of thiophene rings is 1. The van der Waals surface area contributed by atoms with Crippen LogP contribution in [0.3, 0.4) is 0 Å². The van der Waals surface area contributed by atoms with E-state index in [0.717, 1.165) is 40.6 Å². The number of carbonyl (C=O) groups is 1. The maximum atomic E-state index is 13.4. The first kappa shape index (κ1) is 23.4. The summed E-state index contributed by atoms with van der Waals surface area (Å²) in [5, 5.41) is 1.51. The molecular formula is C24H19ClF3N3OS2. The van der Waals surface area contributed by atoms with E-state index in [1.54, 1.807) is 35.8 Å². The number of fused-ring (bicyclic) bond motifs is 3. The summed E-state index contributed by atoms with van der Waals surface area (Å²) < 4.78 is 41.7. The lowest BCUT2D eigenvalue weighted by atomic mass is 10.1. The smallest absolute Gasteiger partial charge is 0.318 e. The highest BCUT2D eigenvalue weighted by Gasteiger charge is 2.34. The van der Waals surface area contributed by atoms with Crippen molar-refractivity contribution in [3.8, 4) is 5.69 Å². The average Bonchev–Trinajstić information content (AvgIpc) is 3.45. The number of aromatic nitrogens is 3. The molecule has 0 spiro atoms. The lowest BCUT2D eigenvalue weighted by Crippen LogP contribution is -2.09. The Morgan fingerprint density at radius 1 is 1.21 bits per heavy atom. The van der Waals surface area contributed by atoms with Crippen LogP contribution >= 0.6 is 34.7 Å². The third kappa shape index (κ3) is 4.03. The van der Waals surface area contributed by atoms with E-state index >= 15 is 0 Å². The first-order valence-electron chi connectivity index (χ1n) is 10.6. The predicted molar refractivity (Wildman–Crippen MR) is 130 cm³/mol. The largest absolute Gasteiger partial charge is 0.417 e. The van der Waals surface area contributed by atoms with E-state index in [2.05, 4.69) is 9.97 Å². The van der Waals surface area contributed by atoms with Gasteiger partial charge in [0.25, 0.3) is 0 Å². The average molecular weight is 522 g/mol. The summed E-state index contributed by atoms with van der Waals surface area (Å²) in [6, 6.07) is 5.49. The summed E-state index contributed by atoms with van der Waals surface area (Å²) in [5.74, 6) is 0.0723. The summed E-state index contributed by atoms with van der Waals surface area (Å²) in [6.45, 7) is 3.50. The van der Waals surface area contributed by atoms with Crippen molar-refractivity contribution in [1.29, 1.82) is 0 Å². The number of hydrogen-bond donors (Lipinski definition) is 0. The number of hydrogen-bond acceptors (Lipinski definition) is 5. The van der Waals surface area contributed by atoms with Crippen molar-refractivity contribution in [3.63, 3.8) is 0 Å². The molecule has 34 heavy (non-hydrogen) atoms. The van der Waals surface area contributed by atoms with Crippen molar-refractivity contribution in [2.45, 2.75) is 44.3 Å². The minimum atomic E-state index is -4.57. The Balaban J connectivity index is 1.43. The Kier molecular flexibility index (Phi) is 5.98. The lowest BCUT2D eigenvalue weighted by molar-refractivity contribution is -0.137. The van der Waals surface area contributed by atoms with Crippen molar-refractivity contribution in [1.82, 2.24) is 14.5 Å². The number of rotatable bonds is 5. The van der Waals surface area contributed by atoms with Gasteiger partial charge < -0.3 is 4.57 Å². The molecule has 0 unspecified atom stereocenters. The maximum Gasteiger partial charge on any atom is 0.417 e. The Labute approximate surface area is 207 Å². The second kappa shape index (κ2) is 8.70.